The van der Waals surface area contributed by atoms with E-state index < -0.39 is 0 Å². The Morgan fingerprint density at radius 2 is 1.90 bits per heavy atom. The molecule has 110 valence electrons. The molecule has 0 aromatic heterocycles. The first kappa shape index (κ1) is 15.1. The minimum absolute atomic E-state index is 0.657. The maximum atomic E-state index is 5.74. The van der Waals surface area contributed by atoms with Crippen LogP contribution in [0.3, 0.4) is 0 Å². The Morgan fingerprint density at radius 3 is 2.67 bits per heavy atom. The van der Waals surface area contributed by atoms with Gasteiger partial charge in [0.25, 0.3) is 0 Å². The van der Waals surface area contributed by atoms with E-state index in [4.69, 9.17) is 4.74 Å². The van der Waals surface area contributed by atoms with Crippen molar-refractivity contribution in [3.63, 3.8) is 0 Å². The summed E-state index contributed by atoms with van der Waals surface area (Å²) in [7, 11) is 0. The smallest absolute Gasteiger partial charge is 0.119 e. The van der Waals surface area contributed by atoms with Crippen molar-refractivity contribution in [2.24, 2.45) is 11.0 Å². The number of para-hydroxylation sites is 1. The van der Waals surface area contributed by atoms with E-state index in [-0.39, 0.29) is 0 Å². The minimum Gasteiger partial charge on any atom is -0.494 e. The summed E-state index contributed by atoms with van der Waals surface area (Å²) in [6.07, 6.45) is 2.86. The molecule has 0 heterocycles. The van der Waals surface area contributed by atoms with Crippen LogP contribution in [0.25, 0.3) is 0 Å². The molecule has 21 heavy (non-hydrogen) atoms. The van der Waals surface area contributed by atoms with E-state index >= 15 is 0 Å². The van der Waals surface area contributed by atoms with Crippen LogP contribution in [0.1, 0.15) is 25.8 Å². The van der Waals surface area contributed by atoms with Crippen molar-refractivity contribution < 1.29 is 4.74 Å². The molecule has 0 saturated carbocycles. The highest BCUT2D eigenvalue weighted by Crippen LogP contribution is 2.13. The molecule has 0 fully saturated rings. The topological polar surface area (TPSA) is 33.6 Å². The molecule has 3 nitrogen and oxygen atoms in total. The fraction of sp³-hybridized carbons (Fsp3) is 0.278. The lowest BCUT2D eigenvalue weighted by atomic mass is 10.1. The summed E-state index contributed by atoms with van der Waals surface area (Å²) in [5.41, 5.74) is 4.98. The van der Waals surface area contributed by atoms with Crippen LogP contribution in [0.5, 0.6) is 5.75 Å². The van der Waals surface area contributed by atoms with Crippen LogP contribution in [-0.4, -0.2) is 12.8 Å². The lowest BCUT2D eigenvalue weighted by molar-refractivity contribution is 0.289. The number of benzene rings is 2. The summed E-state index contributed by atoms with van der Waals surface area (Å²) < 4.78 is 5.74. The lowest BCUT2D eigenvalue weighted by Crippen LogP contribution is -2.01. The fourth-order valence-corrected chi connectivity index (χ4v) is 1.79. The van der Waals surface area contributed by atoms with Gasteiger partial charge in [-0.1, -0.05) is 44.2 Å². The Balaban J connectivity index is 1.88. The SMILES string of the molecule is CC(C)CCOc1cccc(C=NNc2ccccc2)c1. The van der Waals surface area contributed by atoms with Gasteiger partial charge in [-0.15, -0.1) is 0 Å². The molecule has 1 N–H and O–H groups in total. The molecule has 0 aliphatic heterocycles. The molecule has 2 aromatic carbocycles. The van der Waals surface area contributed by atoms with Crippen molar-refractivity contribution in [2.45, 2.75) is 20.3 Å². The molecule has 0 bridgehead atoms. The molecule has 0 radical (unpaired) electrons. The van der Waals surface area contributed by atoms with Crippen molar-refractivity contribution in [1.82, 2.24) is 0 Å². The second-order valence-corrected chi connectivity index (χ2v) is 5.34. The molecule has 2 aromatic rings. The minimum atomic E-state index is 0.657. The van der Waals surface area contributed by atoms with Crippen LogP contribution < -0.4 is 10.2 Å². The van der Waals surface area contributed by atoms with Crippen molar-refractivity contribution in [1.29, 1.82) is 0 Å². The summed E-state index contributed by atoms with van der Waals surface area (Å²) >= 11 is 0. The second-order valence-electron chi connectivity index (χ2n) is 5.34. The Labute approximate surface area is 126 Å². The summed E-state index contributed by atoms with van der Waals surface area (Å²) in [5, 5.41) is 4.23. The van der Waals surface area contributed by atoms with Gasteiger partial charge in [-0.25, -0.2) is 0 Å². The average Bonchev–Trinajstić information content (AvgIpc) is 2.48. The van der Waals surface area contributed by atoms with Gasteiger partial charge in [-0.3, -0.25) is 5.43 Å². The van der Waals surface area contributed by atoms with E-state index in [1.807, 2.05) is 54.6 Å². The van der Waals surface area contributed by atoms with E-state index in [0.29, 0.717) is 5.92 Å². The monoisotopic (exact) mass is 282 g/mol. The Hall–Kier alpha value is -2.29. The highest BCUT2D eigenvalue weighted by atomic mass is 16.5. The van der Waals surface area contributed by atoms with E-state index in [9.17, 15) is 0 Å². The van der Waals surface area contributed by atoms with Gasteiger partial charge in [0.2, 0.25) is 0 Å². The van der Waals surface area contributed by atoms with Crippen molar-refractivity contribution in [2.75, 3.05) is 12.0 Å². The largest absolute Gasteiger partial charge is 0.494 e. The van der Waals surface area contributed by atoms with Crippen LogP contribution in [-0.2, 0) is 0 Å². The van der Waals surface area contributed by atoms with E-state index in [1.54, 1.807) is 6.21 Å². The van der Waals surface area contributed by atoms with Crippen molar-refractivity contribution >= 4 is 11.9 Å². The molecule has 0 aliphatic rings. The van der Waals surface area contributed by atoms with Crippen LogP contribution in [0.15, 0.2) is 59.7 Å². The first-order chi connectivity index (χ1) is 10.2. The molecule has 0 unspecified atom stereocenters. The van der Waals surface area contributed by atoms with Crippen molar-refractivity contribution in [3.8, 4) is 5.75 Å². The van der Waals surface area contributed by atoms with Crippen molar-refractivity contribution in [3.05, 3.63) is 60.2 Å². The van der Waals surface area contributed by atoms with Gasteiger partial charge in [0.15, 0.2) is 0 Å². The number of anilines is 1. The number of hydrogen-bond donors (Lipinski definition) is 1. The molecule has 0 saturated heterocycles. The van der Waals surface area contributed by atoms with Gasteiger partial charge < -0.3 is 4.74 Å². The molecular formula is C18H22N2O. The van der Waals surface area contributed by atoms with E-state index in [0.717, 1.165) is 30.0 Å². The molecule has 0 spiro atoms. The number of hydrogen-bond acceptors (Lipinski definition) is 3. The van der Waals surface area contributed by atoms with Crippen LogP contribution in [0, 0.1) is 5.92 Å². The molecule has 0 amide bonds. The first-order valence-corrected chi connectivity index (χ1v) is 7.31. The predicted molar refractivity (Wildman–Crippen MR) is 89.1 cm³/mol. The van der Waals surface area contributed by atoms with Gasteiger partial charge in [0, 0.05) is 0 Å². The lowest BCUT2D eigenvalue weighted by Gasteiger charge is -2.08. The number of hydrazone groups is 1. The molecule has 2 rings (SSSR count). The van der Waals surface area contributed by atoms with Crippen LogP contribution in [0.4, 0.5) is 5.69 Å². The zero-order valence-corrected chi connectivity index (χ0v) is 12.6. The average molecular weight is 282 g/mol. The maximum absolute atomic E-state index is 5.74. The van der Waals surface area contributed by atoms with Gasteiger partial charge in [-0.05, 0) is 42.2 Å². The summed E-state index contributed by atoms with van der Waals surface area (Å²) in [5.74, 6) is 1.55. The van der Waals surface area contributed by atoms with Gasteiger partial charge >= 0.3 is 0 Å². The predicted octanol–water partition coefficient (Wildman–Crippen LogP) is 4.56. The van der Waals surface area contributed by atoms with E-state index in [2.05, 4.69) is 24.4 Å². The fourth-order valence-electron chi connectivity index (χ4n) is 1.79. The molecule has 0 atom stereocenters. The third-order valence-electron chi connectivity index (χ3n) is 3.00. The second kappa shape index (κ2) is 8.10. The number of nitrogens with zero attached hydrogens (tertiary/aromatic N) is 1. The Morgan fingerprint density at radius 1 is 1.10 bits per heavy atom. The Kier molecular flexibility index (Phi) is 5.83. The maximum Gasteiger partial charge on any atom is 0.119 e. The van der Waals surface area contributed by atoms with E-state index in [1.165, 1.54) is 0 Å². The molecule has 3 heteroatoms. The van der Waals surface area contributed by atoms with Crippen LogP contribution >= 0.6 is 0 Å². The molecular weight excluding hydrogens is 260 g/mol. The number of nitrogens with one attached hydrogen (secondary N) is 1. The zero-order chi connectivity index (χ0) is 14.9. The van der Waals surface area contributed by atoms with Crippen LogP contribution in [0.2, 0.25) is 0 Å². The van der Waals surface area contributed by atoms with Gasteiger partial charge in [-0.2, -0.15) is 5.10 Å². The molecule has 0 aliphatic carbocycles. The zero-order valence-electron chi connectivity index (χ0n) is 12.6. The summed E-state index contributed by atoms with van der Waals surface area (Å²) in [6.45, 7) is 5.14. The highest BCUT2D eigenvalue weighted by molar-refractivity contribution is 5.80. The first-order valence-electron chi connectivity index (χ1n) is 7.31. The normalized spacial score (nSPS) is 11.0. The standard InChI is InChI=1S/C18H22N2O/c1-15(2)11-12-21-18-10-6-7-16(13-18)14-19-20-17-8-4-3-5-9-17/h3-10,13-15,20H,11-12H2,1-2H3. The van der Waals surface area contributed by atoms with Gasteiger partial charge in [0.1, 0.15) is 5.75 Å². The quantitative estimate of drug-likeness (QED) is 0.596. The summed E-state index contributed by atoms with van der Waals surface area (Å²) in [6, 6.07) is 17.8. The third-order valence-corrected chi connectivity index (χ3v) is 3.00. The number of rotatable bonds is 7. The Bertz CT molecular complexity index is 564. The summed E-state index contributed by atoms with van der Waals surface area (Å²) in [4.78, 5) is 0. The van der Waals surface area contributed by atoms with Gasteiger partial charge in [0.05, 0.1) is 18.5 Å². The third kappa shape index (κ3) is 5.69. The highest BCUT2D eigenvalue weighted by Gasteiger charge is 1.97. The number of ether oxygens (including phenoxy) is 1.